The maximum absolute atomic E-state index is 15.3. The number of carboxylic acid groups (broad SMARTS) is 1. The first-order chi connectivity index (χ1) is 14.8. The lowest BCUT2D eigenvalue weighted by atomic mass is 10.0. The molecule has 1 saturated heterocycles. The zero-order chi connectivity index (χ0) is 22.3. The van der Waals surface area contributed by atoms with Crippen molar-refractivity contribution in [2.24, 2.45) is 5.92 Å². The van der Waals surface area contributed by atoms with Crippen molar-refractivity contribution in [1.29, 1.82) is 0 Å². The van der Waals surface area contributed by atoms with Crippen LogP contribution >= 0.6 is 12.4 Å². The molecule has 172 valence electrons. The minimum atomic E-state index is -1.29. The zero-order valence-corrected chi connectivity index (χ0v) is 19.0. The molecule has 1 aromatic heterocycles. The van der Waals surface area contributed by atoms with Gasteiger partial charge in [0, 0.05) is 30.6 Å². The summed E-state index contributed by atoms with van der Waals surface area (Å²) in [6, 6.07) is 2.87. The summed E-state index contributed by atoms with van der Waals surface area (Å²) in [7, 11) is 0. The normalized spacial score (nSPS) is 18.9. The zero-order valence-electron chi connectivity index (χ0n) is 18.2. The molecule has 1 saturated carbocycles. The van der Waals surface area contributed by atoms with Gasteiger partial charge in [-0.25, -0.2) is 15.8 Å². The molecule has 32 heavy (non-hydrogen) atoms. The van der Waals surface area contributed by atoms with Crippen LogP contribution < -0.4 is 15.8 Å². The number of aromatic carboxylic acids is 1. The Morgan fingerprint density at radius 2 is 2.09 bits per heavy atom. The Balaban J connectivity index is 0.00000289. The van der Waals surface area contributed by atoms with Crippen molar-refractivity contribution in [2.45, 2.75) is 45.2 Å². The van der Waals surface area contributed by atoms with Crippen LogP contribution in [0.3, 0.4) is 0 Å². The van der Waals surface area contributed by atoms with Gasteiger partial charge in [-0.05, 0) is 56.7 Å². The standard InChI is InChI=1S/C23H27FN4O3.ClH/c1-13-20-16(10-18(23(30)31)22(29)28(20)17-4-5-17)11-19(24)21(13)27-9-6-15(12-27)14(2)26-8-7-25-3;/h10-11,14-15,17,26H,4-9,12H2,1-2H3,(H,30,31);1H/t14-,15+;/m0./s1. The predicted octanol–water partition coefficient (Wildman–Crippen LogP) is 3.63. The quantitative estimate of drug-likeness (QED) is 0.485. The lowest BCUT2D eigenvalue weighted by Crippen LogP contribution is -2.36. The van der Waals surface area contributed by atoms with Gasteiger partial charge in [0.25, 0.3) is 5.56 Å². The van der Waals surface area contributed by atoms with Crippen molar-refractivity contribution in [2.75, 3.05) is 31.1 Å². The molecular formula is C23H28ClFN4O3. The molecule has 0 spiro atoms. The average molecular weight is 463 g/mol. The highest BCUT2D eigenvalue weighted by atomic mass is 35.5. The molecule has 7 nitrogen and oxygen atoms in total. The second kappa shape index (κ2) is 9.47. The van der Waals surface area contributed by atoms with Crippen molar-refractivity contribution >= 4 is 35.0 Å². The van der Waals surface area contributed by atoms with Crippen LogP contribution in [0.2, 0.25) is 0 Å². The number of fused-ring (bicyclic) bond motifs is 1. The Morgan fingerprint density at radius 3 is 2.72 bits per heavy atom. The third-order valence-corrected chi connectivity index (χ3v) is 6.56. The number of rotatable bonds is 7. The lowest BCUT2D eigenvalue weighted by molar-refractivity contribution is 0.0694. The van der Waals surface area contributed by atoms with E-state index in [9.17, 15) is 14.7 Å². The molecule has 0 amide bonds. The van der Waals surface area contributed by atoms with E-state index in [0.29, 0.717) is 54.3 Å². The van der Waals surface area contributed by atoms with E-state index < -0.39 is 17.3 Å². The van der Waals surface area contributed by atoms with E-state index in [-0.39, 0.29) is 30.1 Å². The number of halogens is 2. The summed E-state index contributed by atoms with van der Waals surface area (Å²) in [5, 5.41) is 13.3. The molecule has 2 N–H and O–H groups in total. The molecule has 9 heteroatoms. The minimum absolute atomic E-state index is 0. The smallest absolute Gasteiger partial charge is 0.341 e. The van der Waals surface area contributed by atoms with Crippen LogP contribution in [0, 0.1) is 25.2 Å². The van der Waals surface area contributed by atoms with E-state index in [2.05, 4.69) is 17.1 Å². The molecule has 1 aliphatic carbocycles. The largest absolute Gasteiger partial charge is 0.477 e. The van der Waals surface area contributed by atoms with Crippen molar-refractivity contribution in [3.8, 4) is 0 Å². The number of carbonyl (C=O) groups is 1. The summed E-state index contributed by atoms with van der Waals surface area (Å²) in [6.07, 6.45) is 2.56. The number of aryl methyl sites for hydroxylation is 1. The Bertz CT molecular complexity index is 1140. The third kappa shape index (κ3) is 4.32. The van der Waals surface area contributed by atoms with Crippen LogP contribution in [0.15, 0.2) is 16.9 Å². The molecule has 1 aliphatic heterocycles. The van der Waals surface area contributed by atoms with Gasteiger partial charge in [0.1, 0.15) is 11.4 Å². The first kappa shape index (κ1) is 24.0. The molecule has 0 unspecified atom stereocenters. The number of aromatic nitrogens is 1. The summed E-state index contributed by atoms with van der Waals surface area (Å²) in [4.78, 5) is 29.9. The monoisotopic (exact) mass is 462 g/mol. The van der Waals surface area contributed by atoms with Crippen LogP contribution in [0.5, 0.6) is 0 Å². The number of benzene rings is 1. The van der Waals surface area contributed by atoms with Gasteiger partial charge in [0.2, 0.25) is 6.54 Å². The maximum atomic E-state index is 15.3. The Labute approximate surface area is 192 Å². The van der Waals surface area contributed by atoms with Crippen molar-refractivity contribution in [1.82, 2.24) is 9.88 Å². The predicted molar refractivity (Wildman–Crippen MR) is 125 cm³/mol. The summed E-state index contributed by atoms with van der Waals surface area (Å²) in [6.45, 7) is 13.3. The number of hydrogen-bond donors (Lipinski definition) is 2. The van der Waals surface area contributed by atoms with E-state index in [1.165, 1.54) is 12.1 Å². The first-order valence-corrected chi connectivity index (χ1v) is 10.8. The fraction of sp³-hybridized carbons (Fsp3) is 0.522. The van der Waals surface area contributed by atoms with Gasteiger partial charge >= 0.3 is 5.97 Å². The fourth-order valence-corrected chi connectivity index (χ4v) is 4.80. The van der Waals surface area contributed by atoms with Gasteiger partial charge < -0.3 is 24.7 Å². The van der Waals surface area contributed by atoms with Gasteiger partial charge in [-0.2, -0.15) is 0 Å². The summed E-state index contributed by atoms with van der Waals surface area (Å²) >= 11 is 0. The lowest BCUT2D eigenvalue weighted by Gasteiger charge is -2.25. The van der Waals surface area contributed by atoms with Crippen LogP contribution in [0.4, 0.5) is 10.1 Å². The fourth-order valence-electron chi connectivity index (χ4n) is 4.80. The Kier molecular flexibility index (Phi) is 7.11. The van der Waals surface area contributed by atoms with Crippen molar-refractivity contribution in [3.63, 3.8) is 0 Å². The molecule has 4 rings (SSSR count). The number of anilines is 1. The number of pyridine rings is 1. The summed E-state index contributed by atoms with van der Waals surface area (Å²) < 4.78 is 16.8. The topological polar surface area (TPSA) is 78.9 Å². The molecule has 1 aromatic carbocycles. The third-order valence-electron chi connectivity index (χ3n) is 6.56. The molecule has 0 bridgehead atoms. The SMILES string of the molecule is Cl.[C-]#[N+]CCN[C@@H](C)[C@@H]1CCN(c2c(F)cc3cc(C(=O)O)c(=O)n(C4CC4)c3c2C)C1. The highest BCUT2D eigenvalue weighted by Crippen LogP contribution is 2.40. The highest BCUT2D eigenvalue weighted by Gasteiger charge is 2.33. The Morgan fingerprint density at radius 1 is 1.38 bits per heavy atom. The minimum Gasteiger partial charge on any atom is -0.477 e. The number of carboxylic acids is 1. The Hall–Kier alpha value is -2.63. The van der Waals surface area contributed by atoms with Crippen LogP contribution in [0.25, 0.3) is 15.7 Å². The van der Waals surface area contributed by atoms with Gasteiger partial charge in [0.15, 0.2) is 0 Å². The van der Waals surface area contributed by atoms with E-state index in [1.807, 2.05) is 11.8 Å². The van der Waals surface area contributed by atoms with Crippen LogP contribution in [-0.2, 0) is 0 Å². The molecule has 0 radical (unpaired) electrons. The molecule has 2 atom stereocenters. The van der Waals surface area contributed by atoms with Gasteiger partial charge in [-0.3, -0.25) is 4.79 Å². The number of nitrogens with one attached hydrogen (secondary N) is 1. The van der Waals surface area contributed by atoms with E-state index in [0.717, 1.165) is 19.3 Å². The maximum Gasteiger partial charge on any atom is 0.341 e. The highest BCUT2D eigenvalue weighted by molar-refractivity contribution is 5.95. The van der Waals surface area contributed by atoms with Crippen LogP contribution in [-0.4, -0.2) is 47.9 Å². The number of hydrogen-bond acceptors (Lipinski definition) is 4. The van der Waals surface area contributed by atoms with E-state index >= 15 is 4.39 Å². The molecule has 2 aliphatic rings. The van der Waals surface area contributed by atoms with Crippen molar-refractivity contribution in [3.05, 3.63) is 50.8 Å². The molecule has 2 fully saturated rings. The molecule has 2 aromatic rings. The number of nitrogens with zero attached hydrogens (tertiary/aromatic N) is 3. The molecular weight excluding hydrogens is 435 g/mol. The van der Waals surface area contributed by atoms with E-state index in [1.54, 1.807) is 4.57 Å². The van der Waals surface area contributed by atoms with Crippen LogP contribution in [0.1, 0.15) is 48.1 Å². The van der Waals surface area contributed by atoms with Gasteiger partial charge in [-0.15, -0.1) is 12.4 Å². The average Bonchev–Trinajstić information content (AvgIpc) is 3.44. The second-order valence-electron chi connectivity index (χ2n) is 8.66. The summed E-state index contributed by atoms with van der Waals surface area (Å²) in [5.41, 5.74) is 0.998. The first-order valence-electron chi connectivity index (χ1n) is 10.8. The van der Waals surface area contributed by atoms with Gasteiger partial charge in [0.05, 0.1) is 17.7 Å². The van der Waals surface area contributed by atoms with E-state index in [4.69, 9.17) is 6.57 Å². The van der Waals surface area contributed by atoms with Crippen molar-refractivity contribution < 1.29 is 14.3 Å². The molecule has 2 heterocycles. The van der Waals surface area contributed by atoms with Gasteiger partial charge in [-0.1, -0.05) is 0 Å². The summed E-state index contributed by atoms with van der Waals surface area (Å²) in [5.74, 6) is -1.35. The second-order valence-corrected chi connectivity index (χ2v) is 8.66.